The molecule has 0 spiro atoms. The normalized spacial score (nSPS) is 12.9. The molecule has 0 aliphatic heterocycles. The summed E-state index contributed by atoms with van der Waals surface area (Å²) in [6, 6.07) is 8.96. The molecule has 0 heterocycles. The van der Waals surface area contributed by atoms with Gasteiger partial charge in [-0.25, -0.2) is 0 Å². The average molecular weight is 249 g/mol. The van der Waals surface area contributed by atoms with Crippen molar-refractivity contribution >= 4 is 0 Å². The van der Waals surface area contributed by atoms with Crippen LogP contribution in [0.2, 0.25) is 0 Å². The van der Waals surface area contributed by atoms with Crippen molar-refractivity contribution in [2.24, 2.45) is 5.92 Å². The van der Waals surface area contributed by atoms with Gasteiger partial charge in [-0.3, -0.25) is 0 Å². The van der Waals surface area contributed by atoms with E-state index >= 15 is 0 Å². The molecule has 1 atom stereocenters. The molecule has 1 N–H and O–H groups in total. The Labute approximate surface area is 112 Å². The summed E-state index contributed by atoms with van der Waals surface area (Å²) in [7, 11) is 0. The first-order valence-electron chi connectivity index (χ1n) is 7.01. The van der Waals surface area contributed by atoms with E-state index in [0.29, 0.717) is 12.0 Å². The minimum absolute atomic E-state index is 0.307. The first-order valence-corrected chi connectivity index (χ1v) is 7.01. The van der Waals surface area contributed by atoms with Crippen LogP contribution in [0.15, 0.2) is 24.3 Å². The number of hydrogen-bond donors (Lipinski definition) is 1. The molecule has 102 valence electrons. The Morgan fingerprint density at radius 2 is 2.06 bits per heavy atom. The van der Waals surface area contributed by atoms with Crippen molar-refractivity contribution in [2.75, 3.05) is 19.8 Å². The highest BCUT2D eigenvalue weighted by atomic mass is 16.5. The molecule has 0 aliphatic rings. The summed E-state index contributed by atoms with van der Waals surface area (Å²) >= 11 is 0. The van der Waals surface area contributed by atoms with E-state index in [0.717, 1.165) is 26.2 Å². The highest BCUT2D eigenvalue weighted by Crippen LogP contribution is 2.15. The summed E-state index contributed by atoms with van der Waals surface area (Å²) < 4.78 is 5.79. The number of ether oxygens (including phenoxy) is 1. The van der Waals surface area contributed by atoms with Crippen LogP contribution >= 0.6 is 0 Å². The van der Waals surface area contributed by atoms with Crippen LogP contribution in [-0.2, 0) is 4.74 Å². The van der Waals surface area contributed by atoms with E-state index in [1.807, 2.05) is 0 Å². The fraction of sp³-hybridized carbons (Fsp3) is 0.625. The monoisotopic (exact) mass is 249 g/mol. The molecule has 1 aromatic carbocycles. The fourth-order valence-electron chi connectivity index (χ4n) is 1.93. The van der Waals surface area contributed by atoms with Crippen molar-refractivity contribution < 1.29 is 4.74 Å². The van der Waals surface area contributed by atoms with Crippen molar-refractivity contribution in [3.63, 3.8) is 0 Å². The van der Waals surface area contributed by atoms with Crippen molar-refractivity contribution in [3.8, 4) is 0 Å². The first kappa shape index (κ1) is 15.2. The molecule has 0 aliphatic carbocycles. The van der Waals surface area contributed by atoms with Gasteiger partial charge in [0.15, 0.2) is 0 Å². The highest BCUT2D eigenvalue weighted by Gasteiger charge is 2.10. The summed E-state index contributed by atoms with van der Waals surface area (Å²) in [5.41, 5.74) is 2.62. The Hall–Kier alpha value is -0.860. The van der Waals surface area contributed by atoms with Gasteiger partial charge in [0.25, 0.3) is 0 Å². The SMILES string of the molecule is CCNC(COCCC(C)C)c1cccc(C)c1. The largest absolute Gasteiger partial charge is 0.379 e. The number of aryl methyl sites for hydroxylation is 1. The maximum absolute atomic E-state index is 5.79. The Balaban J connectivity index is 2.49. The molecule has 18 heavy (non-hydrogen) atoms. The molecule has 0 aromatic heterocycles. The highest BCUT2D eigenvalue weighted by molar-refractivity contribution is 5.25. The number of benzene rings is 1. The maximum atomic E-state index is 5.79. The molecule has 1 aromatic rings. The summed E-state index contributed by atoms with van der Waals surface area (Å²) in [6.07, 6.45) is 1.13. The van der Waals surface area contributed by atoms with Crippen LogP contribution in [0.3, 0.4) is 0 Å². The smallest absolute Gasteiger partial charge is 0.0661 e. The zero-order chi connectivity index (χ0) is 13.4. The molecule has 1 rings (SSSR count). The van der Waals surface area contributed by atoms with Gasteiger partial charge in [-0.05, 0) is 31.4 Å². The molecule has 0 saturated carbocycles. The molecule has 2 nitrogen and oxygen atoms in total. The van der Waals surface area contributed by atoms with E-state index in [-0.39, 0.29) is 0 Å². The topological polar surface area (TPSA) is 21.3 Å². The van der Waals surface area contributed by atoms with Crippen LogP contribution in [0.4, 0.5) is 0 Å². The molecule has 0 saturated heterocycles. The van der Waals surface area contributed by atoms with E-state index in [1.165, 1.54) is 11.1 Å². The maximum Gasteiger partial charge on any atom is 0.0661 e. The van der Waals surface area contributed by atoms with E-state index in [9.17, 15) is 0 Å². The molecule has 0 bridgehead atoms. The van der Waals surface area contributed by atoms with Crippen molar-refractivity contribution in [1.29, 1.82) is 0 Å². The molecule has 1 unspecified atom stereocenters. The third-order valence-corrected chi connectivity index (χ3v) is 3.02. The van der Waals surface area contributed by atoms with E-state index < -0.39 is 0 Å². The quantitative estimate of drug-likeness (QED) is 0.709. The molecule has 0 amide bonds. The van der Waals surface area contributed by atoms with Crippen molar-refractivity contribution in [2.45, 2.75) is 40.2 Å². The lowest BCUT2D eigenvalue weighted by Gasteiger charge is -2.19. The number of rotatable bonds is 8. The van der Waals surface area contributed by atoms with Gasteiger partial charge in [0, 0.05) is 6.61 Å². The van der Waals surface area contributed by atoms with Gasteiger partial charge >= 0.3 is 0 Å². The molecule has 2 heteroatoms. The third kappa shape index (κ3) is 5.65. The fourth-order valence-corrected chi connectivity index (χ4v) is 1.93. The van der Waals surface area contributed by atoms with Gasteiger partial charge in [0.05, 0.1) is 12.6 Å². The van der Waals surface area contributed by atoms with Crippen LogP contribution in [0.1, 0.15) is 44.4 Å². The molecular weight excluding hydrogens is 222 g/mol. The Morgan fingerprint density at radius 3 is 2.67 bits per heavy atom. The lowest BCUT2D eigenvalue weighted by molar-refractivity contribution is 0.103. The Bertz CT molecular complexity index is 336. The van der Waals surface area contributed by atoms with Crippen LogP contribution in [0.25, 0.3) is 0 Å². The summed E-state index contributed by atoms with van der Waals surface area (Å²) in [5, 5.41) is 3.49. The second kappa shape index (κ2) is 8.28. The van der Waals surface area contributed by atoms with Crippen LogP contribution in [0, 0.1) is 12.8 Å². The second-order valence-corrected chi connectivity index (χ2v) is 5.28. The zero-order valence-corrected chi connectivity index (χ0v) is 12.2. The van der Waals surface area contributed by atoms with E-state index in [4.69, 9.17) is 4.74 Å². The lowest BCUT2D eigenvalue weighted by atomic mass is 10.1. The standard InChI is InChI=1S/C16H27NO/c1-5-17-16(12-18-10-9-13(2)3)15-8-6-7-14(4)11-15/h6-8,11,13,16-17H,5,9-10,12H2,1-4H3. The number of hydrogen-bond acceptors (Lipinski definition) is 2. The zero-order valence-electron chi connectivity index (χ0n) is 12.2. The first-order chi connectivity index (χ1) is 8.63. The lowest BCUT2D eigenvalue weighted by Crippen LogP contribution is -2.25. The van der Waals surface area contributed by atoms with Crippen molar-refractivity contribution in [3.05, 3.63) is 35.4 Å². The number of likely N-dealkylation sites (N-methyl/N-ethyl adjacent to an activating group) is 1. The summed E-state index contributed by atoms with van der Waals surface area (Å²) in [5.74, 6) is 0.710. The number of nitrogens with one attached hydrogen (secondary N) is 1. The van der Waals surface area contributed by atoms with Gasteiger partial charge < -0.3 is 10.1 Å². The van der Waals surface area contributed by atoms with Crippen LogP contribution in [-0.4, -0.2) is 19.8 Å². The molecule has 0 fully saturated rings. The molecular formula is C16H27NO. The van der Waals surface area contributed by atoms with E-state index in [2.05, 4.69) is 57.3 Å². The minimum atomic E-state index is 0.307. The van der Waals surface area contributed by atoms with E-state index in [1.54, 1.807) is 0 Å². The summed E-state index contributed by atoms with van der Waals surface area (Å²) in [4.78, 5) is 0. The predicted octanol–water partition coefficient (Wildman–Crippen LogP) is 3.71. The summed E-state index contributed by atoms with van der Waals surface area (Å²) in [6.45, 7) is 11.3. The van der Waals surface area contributed by atoms with Gasteiger partial charge in [0.2, 0.25) is 0 Å². The molecule has 0 radical (unpaired) electrons. The van der Waals surface area contributed by atoms with Crippen LogP contribution < -0.4 is 5.32 Å². The minimum Gasteiger partial charge on any atom is -0.379 e. The van der Waals surface area contributed by atoms with Crippen LogP contribution in [0.5, 0.6) is 0 Å². The van der Waals surface area contributed by atoms with Gasteiger partial charge in [-0.2, -0.15) is 0 Å². The van der Waals surface area contributed by atoms with Gasteiger partial charge in [0.1, 0.15) is 0 Å². The Kier molecular flexibility index (Phi) is 6.99. The predicted molar refractivity (Wildman–Crippen MR) is 77.9 cm³/mol. The Morgan fingerprint density at radius 1 is 1.28 bits per heavy atom. The van der Waals surface area contributed by atoms with Gasteiger partial charge in [-0.15, -0.1) is 0 Å². The second-order valence-electron chi connectivity index (χ2n) is 5.28. The third-order valence-electron chi connectivity index (χ3n) is 3.02. The van der Waals surface area contributed by atoms with Crippen molar-refractivity contribution in [1.82, 2.24) is 5.32 Å². The van der Waals surface area contributed by atoms with Gasteiger partial charge in [-0.1, -0.05) is 50.6 Å². The average Bonchev–Trinajstić information content (AvgIpc) is 2.33.